The zero-order valence-corrected chi connectivity index (χ0v) is 11.6. The molecule has 0 N–H and O–H groups in total. The molecule has 3 nitrogen and oxygen atoms in total. The molecule has 1 rings (SSSR count). The molecule has 0 aromatic heterocycles. The molecule has 0 saturated heterocycles. The van der Waals surface area contributed by atoms with E-state index in [1.807, 2.05) is 0 Å². The Morgan fingerprint density at radius 1 is 1.29 bits per heavy atom. The summed E-state index contributed by atoms with van der Waals surface area (Å²) in [6, 6.07) is 1.23. The van der Waals surface area contributed by atoms with E-state index in [0.29, 0.717) is 17.9 Å². The summed E-state index contributed by atoms with van der Waals surface area (Å²) in [5.41, 5.74) is 0. The van der Waals surface area contributed by atoms with Gasteiger partial charge in [-0.25, -0.2) is 0 Å². The minimum absolute atomic E-state index is 0.442. The lowest BCUT2D eigenvalue weighted by molar-refractivity contribution is -0.121. The molecule has 0 spiro atoms. The third-order valence-electron chi connectivity index (χ3n) is 3.95. The maximum atomic E-state index is 11.3. The van der Waals surface area contributed by atoms with Crippen molar-refractivity contribution >= 4 is 5.78 Å². The van der Waals surface area contributed by atoms with Crippen LogP contribution in [0, 0.1) is 0 Å². The van der Waals surface area contributed by atoms with E-state index in [-0.39, 0.29) is 0 Å². The molecule has 0 atom stereocenters. The first-order valence-electron chi connectivity index (χ1n) is 6.99. The Labute approximate surface area is 106 Å². The number of carbonyl (C=O) groups excluding carboxylic acids is 1. The fourth-order valence-electron chi connectivity index (χ4n) is 2.87. The molecule has 0 bridgehead atoms. The Balaban J connectivity index is 2.57. The molecule has 1 fully saturated rings. The van der Waals surface area contributed by atoms with Crippen molar-refractivity contribution in [3.05, 3.63) is 0 Å². The fraction of sp³-hybridized carbons (Fsp3) is 0.929. The molecule has 0 unspecified atom stereocenters. The Bertz CT molecular complexity index is 216. The Hall–Kier alpha value is -0.410. The van der Waals surface area contributed by atoms with Crippen molar-refractivity contribution in [1.29, 1.82) is 0 Å². The Morgan fingerprint density at radius 3 is 2.35 bits per heavy atom. The van der Waals surface area contributed by atoms with Crippen molar-refractivity contribution in [2.45, 2.75) is 64.5 Å². The molecular formula is C14H27NO2. The molecule has 1 saturated carbocycles. The Kier molecular flexibility index (Phi) is 6.75. The molecule has 0 amide bonds. The molecule has 100 valence electrons. The lowest BCUT2D eigenvalue weighted by Gasteiger charge is -2.39. The average Bonchev–Trinajstić information content (AvgIpc) is 2.36. The molecule has 1 aliphatic rings. The monoisotopic (exact) mass is 241 g/mol. The number of rotatable bonds is 7. The summed E-state index contributed by atoms with van der Waals surface area (Å²) in [5, 5.41) is 0. The van der Waals surface area contributed by atoms with Crippen molar-refractivity contribution in [1.82, 2.24) is 4.90 Å². The summed E-state index contributed by atoms with van der Waals surface area (Å²) in [4.78, 5) is 13.9. The fourth-order valence-corrected chi connectivity index (χ4v) is 2.87. The van der Waals surface area contributed by atoms with Gasteiger partial charge in [-0.2, -0.15) is 0 Å². The highest BCUT2D eigenvalue weighted by molar-refractivity contribution is 5.79. The van der Waals surface area contributed by atoms with E-state index in [2.05, 4.69) is 18.7 Å². The minimum atomic E-state index is 0.442. The summed E-state index contributed by atoms with van der Waals surface area (Å²) < 4.78 is 5.21. The summed E-state index contributed by atoms with van der Waals surface area (Å²) >= 11 is 0. The van der Waals surface area contributed by atoms with Crippen LogP contribution in [0.4, 0.5) is 0 Å². The van der Waals surface area contributed by atoms with E-state index in [1.54, 1.807) is 7.11 Å². The molecular weight excluding hydrogens is 214 g/mol. The number of ether oxygens (including phenoxy) is 1. The molecule has 0 heterocycles. The van der Waals surface area contributed by atoms with E-state index >= 15 is 0 Å². The van der Waals surface area contributed by atoms with Crippen LogP contribution in [-0.4, -0.2) is 43.0 Å². The van der Waals surface area contributed by atoms with Crippen LogP contribution in [0.5, 0.6) is 0 Å². The van der Waals surface area contributed by atoms with E-state index in [1.165, 1.54) is 12.8 Å². The van der Waals surface area contributed by atoms with Crippen LogP contribution in [0.3, 0.4) is 0 Å². The van der Waals surface area contributed by atoms with Gasteiger partial charge in [-0.05, 0) is 25.7 Å². The van der Waals surface area contributed by atoms with Gasteiger partial charge < -0.3 is 4.74 Å². The van der Waals surface area contributed by atoms with Crippen molar-refractivity contribution < 1.29 is 9.53 Å². The van der Waals surface area contributed by atoms with E-state index in [9.17, 15) is 4.79 Å². The van der Waals surface area contributed by atoms with Crippen molar-refractivity contribution in [3.63, 3.8) is 0 Å². The van der Waals surface area contributed by atoms with Gasteiger partial charge in [0.2, 0.25) is 0 Å². The number of nitrogens with zero attached hydrogens (tertiary/aromatic N) is 1. The summed E-state index contributed by atoms with van der Waals surface area (Å²) in [5.74, 6) is 0.442. The second-order valence-corrected chi connectivity index (χ2v) is 4.97. The van der Waals surface area contributed by atoms with Crippen molar-refractivity contribution in [2.24, 2.45) is 0 Å². The summed E-state index contributed by atoms with van der Waals surface area (Å²) in [7, 11) is 1.76. The van der Waals surface area contributed by atoms with Crippen LogP contribution in [-0.2, 0) is 9.53 Å². The van der Waals surface area contributed by atoms with Gasteiger partial charge in [0.15, 0.2) is 0 Å². The lowest BCUT2D eigenvalue weighted by Crippen LogP contribution is -2.46. The molecule has 0 aliphatic heterocycles. The highest BCUT2D eigenvalue weighted by Crippen LogP contribution is 2.24. The normalized spacial score (nSPS) is 18.3. The predicted octanol–water partition coefficient (Wildman–Crippen LogP) is 2.64. The minimum Gasteiger partial charge on any atom is -0.383 e. The highest BCUT2D eigenvalue weighted by Gasteiger charge is 2.27. The van der Waals surface area contributed by atoms with E-state index < -0.39 is 0 Å². The van der Waals surface area contributed by atoms with E-state index in [4.69, 9.17) is 4.74 Å². The second-order valence-electron chi connectivity index (χ2n) is 4.97. The van der Waals surface area contributed by atoms with Gasteiger partial charge in [-0.3, -0.25) is 9.69 Å². The SMILES string of the molecule is CCC(CC)N(CCOC)C1CCC(=O)CC1. The number of hydrogen-bond acceptors (Lipinski definition) is 3. The number of carbonyl (C=O) groups is 1. The van der Waals surface area contributed by atoms with Gasteiger partial charge in [0.25, 0.3) is 0 Å². The third kappa shape index (κ3) is 4.40. The van der Waals surface area contributed by atoms with Crippen LogP contribution in [0.25, 0.3) is 0 Å². The number of Topliss-reactive ketones (excluding diaryl/α,β-unsaturated/α-hetero) is 1. The lowest BCUT2D eigenvalue weighted by atomic mass is 9.91. The maximum Gasteiger partial charge on any atom is 0.133 e. The van der Waals surface area contributed by atoms with Crippen LogP contribution < -0.4 is 0 Å². The summed E-state index contributed by atoms with van der Waals surface area (Å²) in [6.07, 6.45) is 6.00. The largest absolute Gasteiger partial charge is 0.383 e. The van der Waals surface area contributed by atoms with E-state index in [0.717, 1.165) is 38.8 Å². The quantitative estimate of drug-likeness (QED) is 0.686. The predicted molar refractivity (Wildman–Crippen MR) is 70.2 cm³/mol. The molecule has 0 aromatic rings. The zero-order valence-electron chi connectivity index (χ0n) is 11.6. The topological polar surface area (TPSA) is 29.5 Å². The van der Waals surface area contributed by atoms with Crippen LogP contribution in [0.15, 0.2) is 0 Å². The molecule has 3 heteroatoms. The van der Waals surface area contributed by atoms with Crippen molar-refractivity contribution in [2.75, 3.05) is 20.3 Å². The first-order valence-corrected chi connectivity index (χ1v) is 6.99. The molecule has 0 aromatic carbocycles. The second kappa shape index (κ2) is 7.83. The van der Waals surface area contributed by atoms with Crippen LogP contribution in [0.1, 0.15) is 52.4 Å². The molecule has 17 heavy (non-hydrogen) atoms. The standard InChI is InChI=1S/C14H27NO2/c1-4-12(5-2)15(10-11-17-3)13-6-8-14(16)9-7-13/h12-13H,4-11H2,1-3H3. The Morgan fingerprint density at radius 2 is 1.88 bits per heavy atom. The smallest absolute Gasteiger partial charge is 0.133 e. The average molecular weight is 241 g/mol. The number of methoxy groups -OCH3 is 1. The van der Waals surface area contributed by atoms with Crippen molar-refractivity contribution in [3.8, 4) is 0 Å². The summed E-state index contributed by atoms with van der Waals surface area (Å²) in [6.45, 7) is 6.30. The highest BCUT2D eigenvalue weighted by atomic mass is 16.5. The van der Waals surface area contributed by atoms with Gasteiger partial charge in [-0.1, -0.05) is 13.8 Å². The van der Waals surface area contributed by atoms with Crippen LogP contribution >= 0.6 is 0 Å². The van der Waals surface area contributed by atoms with Gasteiger partial charge in [0, 0.05) is 38.6 Å². The first kappa shape index (κ1) is 14.7. The third-order valence-corrected chi connectivity index (χ3v) is 3.95. The number of ketones is 1. The molecule has 0 radical (unpaired) electrons. The maximum absolute atomic E-state index is 11.3. The zero-order chi connectivity index (χ0) is 12.7. The first-order chi connectivity index (χ1) is 8.22. The van der Waals surface area contributed by atoms with Gasteiger partial charge >= 0.3 is 0 Å². The molecule has 1 aliphatic carbocycles. The van der Waals surface area contributed by atoms with Gasteiger partial charge in [0.1, 0.15) is 5.78 Å². The van der Waals surface area contributed by atoms with Gasteiger partial charge in [-0.15, -0.1) is 0 Å². The van der Waals surface area contributed by atoms with Gasteiger partial charge in [0.05, 0.1) is 6.61 Å². The van der Waals surface area contributed by atoms with Crippen LogP contribution in [0.2, 0.25) is 0 Å². The number of hydrogen-bond donors (Lipinski definition) is 0.